The van der Waals surface area contributed by atoms with E-state index in [4.69, 9.17) is 0 Å². The van der Waals surface area contributed by atoms with Gasteiger partial charge in [0, 0.05) is 23.3 Å². The lowest BCUT2D eigenvalue weighted by atomic mass is 10.1. The normalized spacial score (nSPS) is 10.8. The highest BCUT2D eigenvalue weighted by Gasteiger charge is 2.16. The molecule has 8 nitrogen and oxygen atoms in total. The number of non-ortho nitro benzene ring substituents is 1. The summed E-state index contributed by atoms with van der Waals surface area (Å²) in [5, 5.41) is 21.4. The van der Waals surface area contributed by atoms with Crippen molar-refractivity contribution in [2.75, 3.05) is 0 Å². The molecular formula is C18H15N5O3. The summed E-state index contributed by atoms with van der Waals surface area (Å²) < 4.78 is 0. The first-order chi connectivity index (χ1) is 12.6. The van der Waals surface area contributed by atoms with Crippen molar-refractivity contribution < 1.29 is 9.72 Å². The van der Waals surface area contributed by atoms with E-state index in [0.29, 0.717) is 17.0 Å². The summed E-state index contributed by atoms with van der Waals surface area (Å²) in [7, 11) is 0. The lowest BCUT2D eigenvalue weighted by Crippen LogP contribution is -2.19. The van der Waals surface area contributed by atoms with E-state index >= 15 is 0 Å². The number of amides is 1. The second kappa shape index (κ2) is 7.39. The van der Waals surface area contributed by atoms with E-state index in [0.717, 1.165) is 11.1 Å². The molecule has 1 amide bonds. The molecular weight excluding hydrogens is 334 g/mol. The van der Waals surface area contributed by atoms with Crippen LogP contribution in [0.2, 0.25) is 0 Å². The van der Waals surface area contributed by atoms with E-state index in [1.807, 2.05) is 30.3 Å². The average Bonchev–Trinajstić information content (AvgIpc) is 3.04. The van der Waals surface area contributed by atoms with Gasteiger partial charge in [-0.2, -0.15) is 10.2 Å². The number of benzene rings is 2. The van der Waals surface area contributed by atoms with Gasteiger partial charge in [-0.25, -0.2) is 5.43 Å². The van der Waals surface area contributed by atoms with Crippen LogP contribution >= 0.6 is 0 Å². The number of hydrogen-bond acceptors (Lipinski definition) is 5. The van der Waals surface area contributed by atoms with Crippen molar-refractivity contribution in [3.8, 4) is 11.3 Å². The van der Waals surface area contributed by atoms with E-state index in [-0.39, 0.29) is 5.69 Å². The van der Waals surface area contributed by atoms with Gasteiger partial charge in [0.25, 0.3) is 11.6 Å². The molecule has 1 aromatic heterocycles. The van der Waals surface area contributed by atoms with Gasteiger partial charge in [0.2, 0.25) is 0 Å². The number of carbonyl (C=O) groups excluding carboxylic acids is 1. The molecule has 0 radical (unpaired) electrons. The van der Waals surface area contributed by atoms with Crippen molar-refractivity contribution in [2.24, 2.45) is 5.10 Å². The summed E-state index contributed by atoms with van der Waals surface area (Å²) in [6.45, 7) is 1.81. The average molecular weight is 349 g/mol. The van der Waals surface area contributed by atoms with Crippen LogP contribution in [-0.2, 0) is 0 Å². The third kappa shape index (κ3) is 3.64. The van der Waals surface area contributed by atoms with E-state index in [2.05, 4.69) is 20.7 Å². The number of nitro benzene ring substituents is 1. The van der Waals surface area contributed by atoms with Gasteiger partial charge < -0.3 is 0 Å². The van der Waals surface area contributed by atoms with Crippen molar-refractivity contribution in [3.63, 3.8) is 0 Å². The van der Waals surface area contributed by atoms with Crippen LogP contribution in [-0.4, -0.2) is 27.2 Å². The predicted octanol–water partition coefficient (Wildman–Crippen LogP) is 3.06. The molecule has 0 aliphatic heterocycles. The molecule has 2 N–H and O–H groups in total. The van der Waals surface area contributed by atoms with Gasteiger partial charge >= 0.3 is 0 Å². The summed E-state index contributed by atoms with van der Waals surface area (Å²) in [5.41, 5.74) is 5.70. The third-order valence-corrected chi connectivity index (χ3v) is 3.77. The van der Waals surface area contributed by atoms with Crippen molar-refractivity contribution in [1.29, 1.82) is 0 Å². The van der Waals surface area contributed by atoms with Gasteiger partial charge in [0.15, 0.2) is 0 Å². The van der Waals surface area contributed by atoms with Gasteiger partial charge in [-0.15, -0.1) is 0 Å². The van der Waals surface area contributed by atoms with Crippen LogP contribution in [0, 0.1) is 17.0 Å². The fraction of sp³-hybridized carbons (Fsp3) is 0.0556. The number of aromatic nitrogens is 2. The highest BCUT2D eigenvalue weighted by molar-refractivity contribution is 5.95. The minimum Gasteiger partial charge on any atom is -0.272 e. The maximum Gasteiger partial charge on any atom is 0.289 e. The largest absolute Gasteiger partial charge is 0.289 e. The number of H-pyrrole nitrogens is 1. The van der Waals surface area contributed by atoms with Crippen molar-refractivity contribution in [3.05, 3.63) is 81.5 Å². The molecule has 0 fully saturated rings. The highest BCUT2D eigenvalue weighted by atomic mass is 16.6. The Kier molecular flexibility index (Phi) is 4.84. The molecule has 2 aromatic carbocycles. The predicted molar refractivity (Wildman–Crippen MR) is 96.9 cm³/mol. The number of nitrogens with one attached hydrogen (secondary N) is 2. The van der Waals surface area contributed by atoms with Crippen molar-refractivity contribution in [1.82, 2.24) is 15.6 Å². The fourth-order valence-electron chi connectivity index (χ4n) is 2.40. The standard InChI is InChI=1S/C18H15N5O3/c1-12-16(14-5-3-2-4-6-14)20-21-17(12)18(24)22-19-11-13-7-9-15(10-8-13)23(25)26/h2-11H,1H3,(H,20,21)(H,22,24)/b19-11+. The summed E-state index contributed by atoms with van der Waals surface area (Å²) in [6, 6.07) is 15.4. The van der Waals surface area contributed by atoms with Crippen LogP contribution < -0.4 is 5.43 Å². The van der Waals surface area contributed by atoms with Crippen molar-refractivity contribution >= 4 is 17.8 Å². The molecule has 0 unspecified atom stereocenters. The Bertz CT molecular complexity index is 962. The first kappa shape index (κ1) is 17.0. The molecule has 130 valence electrons. The quantitative estimate of drug-likeness (QED) is 0.418. The van der Waals surface area contributed by atoms with E-state index in [9.17, 15) is 14.9 Å². The SMILES string of the molecule is Cc1c(-c2ccccc2)n[nH]c1C(=O)N/N=C/c1ccc([N+](=O)[O-])cc1. The zero-order chi connectivity index (χ0) is 18.5. The van der Waals surface area contributed by atoms with Crippen LogP contribution in [0.3, 0.4) is 0 Å². The second-order valence-electron chi connectivity index (χ2n) is 5.49. The molecule has 3 rings (SSSR count). The monoisotopic (exact) mass is 349 g/mol. The maximum atomic E-state index is 12.3. The summed E-state index contributed by atoms with van der Waals surface area (Å²) in [6.07, 6.45) is 1.41. The van der Waals surface area contributed by atoms with Gasteiger partial charge in [-0.1, -0.05) is 30.3 Å². The number of nitrogens with zero attached hydrogens (tertiary/aromatic N) is 3. The Hall–Kier alpha value is -3.81. The number of aromatic amines is 1. The van der Waals surface area contributed by atoms with Gasteiger partial charge in [-0.05, 0) is 24.6 Å². The first-order valence-electron chi connectivity index (χ1n) is 7.74. The molecule has 1 heterocycles. The minimum absolute atomic E-state index is 0.00675. The van der Waals surface area contributed by atoms with Gasteiger partial charge in [0.05, 0.1) is 16.8 Å². The molecule has 0 saturated carbocycles. The summed E-state index contributed by atoms with van der Waals surface area (Å²) in [4.78, 5) is 22.4. The van der Waals surface area contributed by atoms with Crippen LogP contribution in [0.1, 0.15) is 21.6 Å². The Morgan fingerprint density at radius 2 is 1.88 bits per heavy atom. The zero-order valence-corrected chi connectivity index (χ0v) is 13.8. The fourth-order valence-corrected chi connectivity index (χ4v) is 2.40. The minimum atomic E-state index is -0.478. The van der Waals surface area contributed by atoms with E-state index < -0.39 is 10.8 Å². The Morgan fingerprint density at radius 3 is 2.54 bits per heavy atom. The summed E-state index contributed by atoms with van der Waals surface area (Å²) >= 11 is 0. The Labute approximate surface area is 148 Å². The molecule has 3 aromatic rings. The van der Waals surface area contributed by atoms with Crippen LogP contribution in [0.5, 0.6) is 0 Å². The van der Waals surface area contributed by atoms with Crippen LogP contribution in [0.15, 0.2) is 59.7 Å². The number of carbonyl (C=O) groups is 1. The Morgan fingerprint density at radius 1 is 1.19 bits per heavy atom. The highest BCUT2D eigenvalue weighted by Crippen LogP contribution is 2.22. The zero-order valence-electron chi connectivity index (χ0n) is 13.8. The van der Waals surface area contributed by atoms with Crippen molar-refractivity contribution in [2.45, 2.75) is 6.92 Å². The molecule has 0 saturated heterocycles. The number of hydrogen-bond donors (Lipinski definition) is 2. The van der Waals surface area contributed by atoms with Crippen LogP contribution in [0.25, 0.3) is 11.3 Å². The molecule has 0 aliphatic carbocycles. The molecule has 8 heteroatoms. The molecule has 0 atom stereocenters. The number of hydrazone groups is 1. The van der Waals surface area contributed by atoms with E-state index in [1.54, 1.807) is 19.1 Å². The first-order valence-corrected chi connectivity index (χ1v) is 7.74. The maximum absolute atomic E-state index is 12.3. The van der Waals surface area contributed by atoms with E-state index in [1.165, 1.54) is 18.3 Å². The summed E-state index contributed by atoms with van der Waals surface area (Å²) in [5.74, 6) is -0.421. The number of nitro groups is 1. The molecule has 0 aliphatic rings. The van der Waals surface area contributed by atoms with Crippen LogP contribution in [0.4, 0.5) is 5.69 Å². The second-order valence-corrected chi connectivity index (χ2v) is 5.49. The molecule has 26 heavy (non-hydrogen) atoms. The lowest BCUT2D eigenvalue weighted by Gasteiger charge is -2.00. The third-order valence-electron chi connectivity index (χ3n) is 3.77. The topological polar surface area (TPSA) is 113 Å². The molecule has 0 spiro atoms. The van der Waals surface area contributed by atoms with Gasteiger partial charge in [-0.3, -0.25) is 20.0 Å². The Balaban J connectivity index is 1.69. The lowest BCUT2D eigenvalue weighted by molar-refractivity contribution is -0.384. The smallest absolute Gasteiger partial charge is 0.272 e. The molecule has 0 bridgehead atoms. The number of rotatable bonds is 5. The van der Waals surface area contributed by atoms with Gasteiger partial charge in [0.1, 0.15) is 5.69 Å².